The zero-order valence-electron chi connectivity index (χ0n) is 19.7. The molecule has 0 radical (unpaired) electrons. The van der Waals surface area contributed by atoms with Gasteiger partial charge in [0.15, 0.2) is 5.78 Å². The van der Waals surface area contributed by atoms with Crippen LogP contribution in [0.2, 0.25) is 0 Å². The van der Waals surface area contributed by atoms with Crippen molar-refractivity contribution in [2.24, 2.45) is 11.3 Å². The number of hydrogen-bond donors (Lipinski definition) is 1. The summed E-state index contributed by atoms with van der Waals surface area (Å²) in [5.41, 5.74) is -0.228. The number of ketones is 1. The van der Waals surface area contributed by atoms with Crippen molar-refractivity contribution in [3.05, 3.63) is 42.4 Å². The van der Waals surface area contributed by atoms with E-state index in [0.29, 0.717) is 30.0 Å². The summed E-state index contributed by atoms with van der Waals surface area (Å²) < 4.78 is 32.9. The van der Waals surface area contributed by atoms with Crippen LogP contribution in [0.5, 0.6) is 11.5 Å². The number of nitrogens with zero attached hydrogens (tertiary/aromatic N) is 3. The molecule has 0 saturated heterocycles. The molecular weight excluding hydrogens is 458 g/mol. The molecule has 1 unspecified atom stereocenters. The van der Waals surface area contributed by atoms with Gasteiger partial charge >= 0.3 is 0 Å². The summed E-state index contributed by atoms with van der Waals surface area (Å²) in [6.45, 7) is 0. The highest BCUT2D eigenvalue weighted by Gasteiger charge is 2.54. The summed E-state index contributed by atoms with van der Waals surface area (Å²) >= 11 is 0. The molecule has 2 aliphatic rings. The fourth-order valence-corrected chi connectivity index (χ4v) is 4.68. The van der Waals surface area contributed by atoms with Crippen molar-refractivity contribution in [2.45, 2.75) is 50.9 Å². The minimum absolute atomic E-state index is 0.0792. The van der Waals surface area contributed by atoms with Gasteiger partial charge in [-0.3, -0.25) is 19.4 Å². The standard InChI is InChI=1S/C25H28F2N4O4/c1-31(2)21(32)14-16-13-17(6-12-28-16)35-18-3-4-20(29-15-18)30-23(34)19-5-7-24(22(19)33)8-10-25(26,27)11-9-24/h3-4,6,12-13,15,19H,5,7-11,14H2,1-2H3,(H,29,30,34). The van der Waals surface area contributed by atoms with Crippen LogP contribution in [0, 0.1) is 11.3 Å². The van der Waals surface area contributed by atoms with Crippen molar-refractivity contribution in [3.8, 4) is 11.5 Å². The summed E-state index contributed by atoms with van der Waals surface area (Å²) in [7, 11) is 3.35. The van der Waals surface area contributed by atoms with Gasteiger partial charge in [0.2, 0.25) is 17.7 Å². The van der Waals surface area contributed by atoms with Crippen molar-refractivity contribution in [1.29, 1.82) is 0 Å². The monoisotopic (exact) mass is 486 g/mol. The van der Waals surface area contributed by atoms with Crippen molar-refractivity contribution >= 4 is 23.4 Å². The predicted octanol–water partition coefficient (Wildman–Crippen LogP) is 4.01. The molecule has 2 saturated carbocycles. The Balaban J connectivity index is 1.34. The summed E-state index contributed by atoms with van der Waals surface area (Å²) in [6.07, 6.45) is 3.61. The lowest BCUT2D eigenvalue weighted by Gasteiger charge is -2.35. The second-order valence-corrected chi connectivity index (χ2v) is 9.51. The average molecular weight is 487 g/mol. The van der Waals surface area contributed by atoms with Crippen LogP contribution >= 0.6 is 0 Å². The largest absolute Gasteiger partial charge is 0.456 e. The van der Waals surface area contributed by atoms with Gasteiger partial charge in [0.1, 0.15) is 17.3 Å². The molecule has 1 spiro atoms. The summed E-state index contributed by atoms with van der Waals surface area (Å²) in [5, 5.41) is 2.66. The maximum absolute atomic E-state index is 13.6. The van der Waals surface area contributed by atoms with E-state index in [4.69, 9.17) is 4.74 Å². The van der Waals surface area contributed by atoms with Gasteiger partial charge < -0.3 is 15.0 Å². The van der Waals surface area contributed by atoms with E-state index in [1.54, 1.807) is 44.6 Å². The number of carbonyl (C=O) groups is 3. The number of Topliss-reactive ketones (excluding diaryl/α,β-unsaturated/α-hetero) is 1. The minimum Gasteiger partial charge on any atom is -0.456 e. The fourth-order valence-electron chi connectivity index (χ4n) is 4.68. The second kappa shape index (κ2) is 9.67. The number of ether oxygens (including phenoxy) is 1. The Morgan fingerprint density at radius 3 is 2.49 bits per heavy atom. The number of pyridine rings is 2. The molecule has 2 aliphatic carbocycles. The number of carbonyl (C=O) groups excluding carboxylic acids is 3. The fraction of sp³-hybridized carbons (Fsp3) is 0.480. The smallest absolute Gasteiger partial charge is 0.248 e. The topological polar surface area (TPSA) is 101 Å². The molecular formula is C25H28F2N4O4. The number of halogens is 2. The van der Waals surface area contributed by atoms with E-state index >= 15 is 0 Å². The second-order valence-electron chi connectivity index (χ2n) is 9.51. The minimum atomic E-state index is -2.72. The summed E-state index contributed by atoms with van der Waals surface area (Å²) in [5.74, 6) is -3.18. The third-order valence-corrected chi connectivity index (χ3v) is 6.85. The quantitative estimate of drug-likeness (QED) is 0.619. The van der Waals surface area contributed by atoms with Gasteiger partial charge in [-0.05, 0) is 43.9 Å². The molecule has 186 valence electrons. The van der Waals surface area contributed by atoms with Crippen LogP contribution in [0.1, 0.15) is 44.2 Å². The first-order chi connectivity index (χ1) is 16.6. The Bertz CT molecular complexity index is 1110. The van der Waals surface area contributed by atoms with E-state index in [9.17, 15) is 23.2 Å². The molecule has 1 atom stereocenters. The molecule has 2 aromatic heterocycles. The Morgan fingerprint density at radius 1 is 1.09 bits per heavy atom. The maximum atomic E-state index is 13.6. The molecule has 8 nitrogen and oxygen atoms in total. The first-order valence-electron chi connectivity index (χ1n) is 11.6. The molecule has 2 aromatic rings. The molecule has 2 heterocycles. The van der Waals surface area contributed by atoms with E-state index in [1.807, 2.05) is 0 Å². The van der Waals surface area contributed by atoms with Gasteiger partial charge in [-0.1, -0.05) is 0 Å². The van der Waals surface area contributed by atoms with Crippen LogP contribution in [0.4, 0.5) is 14.6 Å². The van der Waals surface area contributed by atoms with E-state index in [-0.39, 0.29) is 49.6 Å². The Kier molecular flexibility index (Phi) is 6.82. The molecule has 4 rings (SSSR count). The van der Waals surface area contributed by atoms with E-state index in [1.165, 1.54) is 11.1 Å². The van der Waals surface area contributed by atoms with Crippen molar-refractivity contribution in [1.82, 2.24) is 14.9 Å². The lowest BCUT2D eigenvalue weighted by Crippen LogP contribution is -2.39. The molecule has 0 aromatic carbocycles. The molecule has 1 N–H and O–H groups in total. The Hall–Kier alpha value is -3.43. The first kappa shape index (κ1) is 24.7. The van der Waals surface area contributed by atoms with Gasteiger partial charge in [-0.2, -0.15) is 0 Å². The number of hydrogen-bond acceptors (Lipinski definition) is 6. The van der Waals surface area contributed by atoms with Crippen LogP contribution < -0.4 is 10.1 Å². The Labute approximate surface area is 202 Å². The van der Waals surface area contributed by atoms with E-state index in [0.717, 1.165) is 0 Å². The van der Waals surface area contributed by atoms with Crippen LogP contribution in [0.3, 0.4) is 0 Å². The lowest BCUT2D eigenvalue weighted by atomic mass is 9.70. The number of amides is 2. The molecule has 0 bridgehead atoms. The molecule has 10 heteroatoms. The molecule has 35 heavy (non-hydrogen) atoms. The van der Waals surface area contributed by atoms with E-state index in [2.05, 4.69) is 15.3 Å². The van der Waals surface area contributed by atoms with Gasteiger partial charge in [-0.25, -0.2) is 13.8 Å². The number of anilines is 1. The normalized spacial score (nSPS) is 20.5. The number of likely N-dealkylation sites (N-methyl/N-ethyl adjacent to an activating group) is 1. The van der Waals surface area contributed by atoms with Crippen molar-refractivity contribution in [2.75, 3.05) is 19.4 Å². The van der Waals surface area contributed by atoms with Crippen LogP contribution in [0.25, 0.3) is 0 Å². The van der Waals surface area contributed by atoms with Crippen molar-refractivity contribution in [3.63, 3.8) is 0 Å². The van der Waals surface area contributed by atoms with Gasteiger partial charge in [0.25, 0.3) is 0 Å². The number of nitrogens with one attached hydrogen (secondary N) is 1. The maximum Gasteiger partial charge on any atom is 0.248 e. The van der Waals surface area contributed by atoms with Crippen LogP contribution in [0.15, 0.2) is 36.7 Å². The van der Waals surface area contributed by atoms with Gasteiger partial charge in [-0.15, -0.1) is 0 Å². The number of aromatic nitrogens is 2. The van der Waals surface area contributed by atoms with Crippen LogP contribution in [-0.4, -0.2) is 52.5 Å². The lowest BCUT2D eigenvalue weighted by molar-refractivity contribution is -0.139. The SMILES string of the molecule is CN(C)C(=O)Cc1cc(Oc2ccc(NC(=O)C3CCC4(CCC(F)(F)CC4)C3=O)nc2)ccn1. The third-order valence-electron chi connectivity index (χ3n) is 6.85. The predicted molar refractivity (Wildman–Crippen MR) is 123 cm³/mol. The average Bonchev–Trinajstić information content (AvgIpc) is 3.13. The highest BCUT2D eigenvalue weighted by Crippen LogP contribution is 2.52. The zero-order chi connectivity index (χ0) is 25.2. The highest BCUT2D eigenvalue weighted by molar-refractivity contribution is 6.10. The van der Waals surface area contributed by atoms with E-state index < -0.39 is 23.2 Å². The zero-order valence-corrected chi connectivity index (χ0v) is 19.7. The molecule has 2 amide bonds. The van der Waals surface area contributed by atoms with Crippen LogP contribution in [-0.2, 0) is 20.8 Å². The van der Waals surface area contributed by atoms with Gasteiger partial charge in [0.05, 0.1) is 24.2 Å². The van der Waals surface area contributed by atoms with Crippen molar-refractivity contribution < 1.29 is 27.9 Å². The molecule has 2 fully saturated rings. The Morgan fingerprint density at radius 2 is 1.83 bits per heavy atom. The highest BCUT2D eigenvalue weighted by atomic mass is 19.3. The van der Waals surface area contributed by atoms with Gasteiger partial charge in [0, 0.05) is 44.6 Å². The molecule has 0 aliphatic heterocycles. The first-order valence-corrected chi connectivity index (χ1v) is 11.6. The number of alkyl halides is 2. The summed E-state index contributed by atoms with van der Waals surface area (Å²) in [6, 6.07) is 6.50. The summed E-state index contributed by atoms with van der Waals surface area (Å²) in [4.78, 5) is 47.4. The third kappa shape index (κ3) is 5.63. The number of rotatable bonds is 6.